The minimum Gasteiger partial charge on any atom is -0.481 e. The van der Waals surface area contributed by atoms with E-state index in [-0.39, 0.29) is 12.2 Å². The number of thiophene rings is 1. The summed E-state index contributed by atoms with van der Waals surface area (Å²) >= 11 is 1.48. The van der Waals surface area contributed by atoms with E-state index in [9.17, 15) is 9.59 Å². The number of carboxylic acids is 1. The zero-order chi connectivity index (χ0) is 13.4. The molecule has 0 radical (unpaired) electrons. The van der Waals surface area contributed by atoms with Crippen molar-refractivity contribution in [3.63, 3.8) is 0 Å². The van der Waals surface area contributed by atoms with Crippen LogP contribution in [0.25, 0.3) is 0 Å². The molecule has 0 unspecified atom stereocenters. The van der Waals surface area contributed by atoms with Crippen LogP contribution in [0.5, 0.6) is 0 Å². The molecule has 0 atom stereocenters. The minimum absolute atomic E-state index is 0.107. The van der Waals surface area contributed by atoms with Gasteiger partial charge in [0.15, 0.2) is 0 Å². The van der Waals surface area contributed by atoms with Crippen molar-refractivity contribution in [3.05, 3.63) is 58.3 Å². The third-order valence-corrected chi connectivity index (χ3v) is 2.95. The lowest BCUT2D eigenvalue weighted by atomic mass is 10.1. The first-order valence-corrected chi connectivity index (χ1v) is 6.38. The highest BCUT2D eigenvalue weighted by atomic mass is 32.1. The van der Waals surface area contributed by atoms with Crippen LogP contribution in [0.15, 0.2) is 47.8 Å². The summed E-state index contributed by atoms with van der Waals surface area (Å²) in [4.78, 5) is 21.9. The third kappa shape index (κ3) is 4.51. The van der Waals surface area contributed by atoms with Crippen LogP contribution < -0.4 is 0 Å². The van der Waals surface area contributed by atoms with Crippen LogP contribution in [0.4, 0.5) is 0 Å². The Labute approximate surface area is 110 Å². The van der Waals surface area contributed by atoms with E-state index in [1.165, 1.54) is 11.3 Å². The van der Waals surface area contributed by atoms with Gasteiger partial charge >= 0.3 is 5.97 Å². The minimum atomic E-state index is -0.745. The van der Waals surface area contributed by atoms with Gasteiger partial charge in [-0.05, 0) is 11.4 Å². The van der Waals surface area contributed by atoms with Crippen molar-refractivity contribution in [3.8, 4) is 0 Å². The number of ketones is 1. The fraction of sp³-hybridized carbons (Fsp3) is 0.143. The van der Waals surface area contributed by atoms with Gasteiger partial charge in [0.1, 0.15) is 0 Å². The van der Waals surface area contributed by atoms with Crippen LogP contribution in [0.1, 0.15) is 28.6 Å². The molecule has 0 spiro atoms. The predicted octanol–water partition coefficient (Wildman–Crippen LogP) is 3.46. The average Bonchev–Trinajstić information content (AvgIpc) is 2.93. The number of aliphatic carboxylic acids is 1. The second-order valence-corrected chi connectivity index (χ2v) is 4.37. The molecule has 0 bridgehead atoms. The quantitative estimate of drug-likeness (QED) is 0.862. The smallest absolute Gasteiger partial charge is 0.303 e. The number of carbonyl (C=O) groups is 2. The molecule has 1 N–H and O–H groups in total. The summed E-state index contributed by atoms with van der Waals surface area (Å²) < 4.78 is 0. The normalized spacial score (nSPS) is 9.17. The fourth-order valence-corrected chi connectivity index (χ4v) is 1.83. The molecular weight excluding hydrogens is 248 g/mol. The zero-order valence-electron chi connectivity index (χ0n) is 10.00. The number of hydrogen-bond donors (Lipinski definition) is 1. The molecular formula is C14H14O3S. The maximum atomic E-state index is 11.7. The van der Waals surface area contributed by atoms with Crippen LogP contribution in [-0.4, -0.2) is 16.9 Å². The van der Waals surface area contributed by atoms with Gasteiger partial charge in [-0.3, -0.25) is 9.59 Å². The van der Waals surface area contributed by atoms with Crippen molar-refractivity contribution in [1.82, 2.24) is 0 Å². The van der Waals surface area contributed by atoms with Gasteiger partial charge in [0, 0.05) is 12.0 Å². The molecule has 0 saturated carbocycles. The number of benzene rings is 1. The Morgan fingerprint density at radius 1 is 1.11 bits per heavy atom. The van der Waals surface area contributed by atoms with Gasteiger partial charge in [-0.1, -0.05) is 43.3 Å². The van der Waals surface area contributed by atoms with Crippen LogP contribution >= 0.6 is 11.3 Å². The first-order chi connectivity index (χ1) is 8.65. The lowest BCUT2D eigenvalue weighted by Gasteiger charge is -1.95. The maximum absolute atomic E-state index is 11.7. The van der Waals surface area contributed by atoms with Gasteiger partial charge in [-0.15, -0.1) is 11.3 Å². The first kappa shape index (κ1) is 14.1. The summed E-state index contributed by atoms with van der Waals surface area (Å²) in [5, 5.41) is 9.64. The lowest BCUT2D eigenvalue weighted by molar-refractivity contribution is -0.136. The molecule has 1 heterocycles. The topological polar surface area (TPSA) is 54.4 Å². The van der Waals surface area contributed by atoms with Gasteiger partial charge in [0.2, 0.25) is 5.78 Å². The van der Waals surface area contributed by atoms with Crippen molar-refractivity contribution >= 4 is 23.1 Å². The van der Waals surface area contributed by atoms with E-state index in [0.29, 0.717) is 0 Å². The van der Waals surface area contributed by atoms with Crippen LogP contribution in [0.2, 0.25) is 0 Å². The zero-order valence-corrected chi connectivity index (χ0v) is 10.8. The van der Waals surface area contributed by atoms with Gasteiger partial charge in [0.05, 0.1) is 4.88 Å². The van der Waals surface area contributed by atoms with Crippen molar-refractivity contribution < 1.29 is 14.7 Å². The highest BCUT2D eigenvalue weighted by Crippen LogP contribution is 2.14. The molecule has 94 valence electrons. The number of carbonyl (C=O) groups excluding carboxylic acids is 1. The first-order valence-electron chi connectivity index (χ1n) is 5.50. The van der Waals surface area contributed by atoms with Crippen molar-refractivity contribution in [1.29, 1.82) is 0 Å². The van der Waals surface area contributed by atoms with Gasteiger partial charge in [-0.2, -0.15) is 0 Å². The molecule has 0 fully saturated rings. The van der Waals surface area contributed by atoms with E-state index in [1.54, 1.807) is 6.92 Å². The summed E-state index contributed by atoms with van der Waals surface area (Å²) in [6.07, 6.45) is 0.222. The van der Waals surface area contributed by atoms with Gasteiger partial charge < -0.3 is 5.11 Å². The number of rotatable bonds is 3. The summed E-state index contributed by atoms with van der Waals surface area (Å²) in [6.45, 7) is 1.60. The van der Waals surface area contributed by atoms with E-state index >= 15 is 0 Å². The van der Waals surface area contributed by atoms with Crippen molar-refractivity contribution in [2.24, 2.45) is 0 Å². The molecule has 1 aromatic heterocycles. The third-order valence-electron chi connectivity index (χ3n) is 2.08. The summed E-state index contributed by atoms with van der Waals surface area (Å²) in [7, 11) is 0. The standard InChI is InChI=1S/C11H8OS.C3H6O2/c12-11(10-7-4-8-13-10)9-5-2-1-3-6-9;1-2-3(4)5/h1-8H;2H2,1H3,(H,4,5). The van der Waals surface area contributed by atoms with Gasteiger partial charge in [-0.25, -0.2) is 0 Å². The van der Waals surface area contributed by atoms with E-state index in [4.69, 9.17) is 5.11 Å². The molecule has 3 nitrogen and oxygen atoms in total. The van der Waals surface area contributed by atoms with E-state index in [0.717, 1.165) is 10.4 Å². The number of carboxylic acid groups (broad SMARTS) is 1. The fourth-order valence-electron chi connectivity index (χ4n) is 1.14. The second-order valence-electron chi connectivity index (χ2n) is 3.42. The monoisotopic (exact) mass is 262 g/mol. The Morgan fingerprint density at radius 3 is 2.17 bits per heavy atom. The lowest BCUT2D eigenvalue weighted by Crippen LogP contribution is -1.96. The van der Waals surface area contributed by atoms with E-state index in [1.807, 2.05) is 47.8 Å². The molecule has 2 aromatic rings. The van der Waals surface area contributed by atoms with Crippen LogP contribution in [0.3, 0.4) is 0 Å². The Balaban J connectivity index is 0.000000280. The second kappa shape index (κ2) is 7.40. The Kier molecular flexibility index (Phi) is 5.80. The molecule has 0 aliphatic heterocycles. The Morgan fingerprint density at radius 2 is 1.72 bits per heavy atom. The van der Waals surface area contributed by atoms with Crippen molar-refractivity contribution in [2.75, 3.05) is 0 Å². The van der Waals surface area contributed by atoms with Crippen LogP contribution in [0, 0.1) is 0 Å². The Bertz CT molecular complexity index is 489. The van der Waals surface area contributed by atoms with E-state index in [2.05, 4.69) is 0 Å². The highest BCUT2D eigenvalue weighted by Gasteiger charge is 2.07. The number of hydrogen-bond acceptors (Lipinski definition) is 3. The van der Waals surface area contributed by atoms with Gasteiger partial charge in [0.25, 0.3) is 0 Å². The van der Waals surface area contributed by atoms with Crippen LogP contribution in [-0.2, 0) is 4.79 Å². The molecule has 4 heteroatoms. The molecule has 1 aromatic carbocycles. The molecule has 0 amide bonds. The maximum Gasteiger partial charge on any atom is 0.303 e. The molecule has 0 saturated heterocycles. The summed E-state index contributed by atoms with van der Waals surface area (Å²) in [5.74, 6) is -0.638. The molecule has 18 heavy (non-hydrogen) atoms. The highest BCUT2D eigenvalue weighted by molar-refractivity contribution is 7.12. The largest absolute Gasteiger partial charge is 0.481 e. The SMILES string of the molecule is CCC(=O)O.O=C(c1ccccc1)c1cccs1. The van der Waals surface area contributed by atoms with Crippen molar-refractivity contribution in [2.45, 2.75) is 13.3 Å². The molecule has 0 aliphatic carbocycles. The molecule has 0 aliphatic rings. The summed E-state index contributed by atoms with van der Waals surface area (Å²) in [5.41, 5.74) is 0.755. The average molecular weight is 262 g/mol. The summed E-state index contributed by atoms with van der Waals surface area (Å²) in [6, 6.07) is 13.1. The van der Waals surface area contributed by atoms with E-state index < -0.39 is 5.97 Å². The Hall–Kier alpha value is -1.94. The predicted molar refractivity (Wildman–Crippen MR) is 72.1 cm³/mol. The molecule has 2 rings (SSSR count).